The lowest BCUT2D eigenvalue weighted by Crippen LogP contribution is -2.41. The first-order chi connectivity index (χ1) is 9.95. The van der Waals surface area contributed by atoms with Crippen LogP contribution in [0.25, 0.3) is 0 Å². The van der Waals surface area contributed by atoms with Crippen molar-refractivity contribution < 1.29 is 10.2 Å². The number of rotatable bonds is 5. The van der Waals surface area contributed by atoms with E-state index < -0.39 is 11.2 Å². The predicted molar refractivity (Wildman–Crippen MR) is 81.7 cm³/mol. The Morgan fingerprint density at radius 3 is 3.05 bits per heavy atom. The fourth-order valence-corrected chi connectivity index (χ4v) is 3.11. The summed E-state index contributed by atoms with van der Waals surface area (Å²) >= 11 is 6.03. The second-order valence-electron chi connectivity index (χ2n) is 5.90. The second kappa shape index (κ2) is 6.77. The highest BCUT2D eigenvalue weighted by Crippen LogP contribution is 2.32. The van der Waals surface area contributed by atoms with Crippen molar-refractivity contribution in [3.8, 4) is 0 Å². The van der Waals surface area contributed by atoms with Gasteiger partial charge in [-0.2, -0.15) is 5.10 Å². The van der Waals surface area contributed by atoms with Gasteiger partial charge >= 0.3 is 0 Å². The van der Waals surface area contributed by atoms with Gasteiger partial charge in [0.1, 0.15) is 5.02 Å². The number of anilines is 1. The van der Waals surface area contributed by atoms with Crippen molar-refractivity contribution in [2.75, 3.05) is 18.5 Å². The van der Waals surface area contributed by atoms with E-state index >= 15 is 0 Å². The van der Waals surface area contributed by atoms with Crippen molar-refractivity contribution in [3.63, 3.8) is 0 Å². The van der Waals surface area contributed by atoms with Crippen molar-refractivity contribution in [2.24, 2.45) is 5.92 Å². The van der Waals surface area contributed by atoms with E-state index in [1.54, 1.807) is 0 Å². The second-order valence-corrected chi connectivity index (χ2v) is 6.28. The van der Waals surface area contributed by atoms with Gasteiger partial charge in [0.05, 0.1) is 30.6 Å². The summed E-state index contributed by atoms with van der Waals surface area (Å²) in [6, 6.07) is 0. The van der Waals surface area contributed by atoms with E-state index in [0.29, 0.717) is 18.2 Å². The van der Waals surface area contributed by atoms with Crippen LogP contribution in [0.1, 0.15) is 32.6 Å². The Balaban J connectivity index is 2.06. The van der Waals surface area contributed by atoms with Crippen molar-refractivity contribution in [1.29, 1.82) is 0 Å². The Hall–Kier alpha value is -1.11. The number of aliphatic hydroxyl groups is 2. The molecule has 1 aliphatic rings. The van der Waals surface area contributed by atoms with Crippen molar-refractivity contribution in [3.05, 3.63) is 21.6 Å². The molecule has 3 N–H and O–H groups in total. The maximum absolute atomic E-state index is 11.9. The minimum atomic E-state index is -0.763. The number of nitrogens with zero attached hydrogens (tertiary/aromatic N) is 2. The zero-order valence-corrected chi connectivity index (χ0v) is 12.9. The van der Waals surface area contributed by atoms with E-state index in [2.05, 4.69) is 17.3 Å². The summed E-state index contributed by atoms with van der Waals surface area (Å²) in [5.41, 5.74) is -0.789. The van der Waals surface area contributed by atoms with Crippen molar-refractivity contribution in [1.82, 2.24) is 9.78 Å². The van der Waals surface area contributed by atoms with Gasteiger partial charge < -0.3 is 15.5 Å². The molecule has 1 saturated carbocycles. The molecular formula is C14H22ClN3O3. The number of nitrogens with one attached hydrogen (secondary N) is 1. The molecular weight excluding hydrogens is 294 g/mol. The molecule has 7 heteroatoms. The van der Waals surface area contributed by atoms with E-state index in [-0.39, 0.29) is 18.2 Å². The molecule has 1 aromatic rings. The highest BCUT2D eigenvalue weighted by atomic mass is 35.5. The van der Waals surface area contributed by atoms with E-state index in [4.69, 9.17) is 16.7 Å². The first-order valence-electron chi connectivity index (χ1n) is 7.28. The third kappa shape index (κ3) is 3.96. The Kier molecular flexibility index (Phi) is 5.24. The molecule has 6 nitrogen and oxygen atoms in total. The Morgan fingerprint density at radius 2 is 2.38 bits per heavy atom. The standard InChI is InChI=1S/C14H22ClN3O3/c1-10-3-2-4-14(21,7-10)9-16-11-8-17-18(5-6-19)13(20)12(11)15/h8,10,16,19,21H,2-7,9H2,1H3. The largest absolute Gasteiger partial charge is 0.394 e. The monoisotopic (exact) mass is 315 g/mol. The average Bonchev–Trinajstić information content (AvgIpc) is 2.43. The van der Waals surface area contributed by atoms with Crippen LogP contribution in [-0.2, 0) is 6.54 Å². The summed E-state index contributed by atoms with van der Waals surface area (Å²) in [6.45, 7) is 2.42. The summed E-state index contributed by atoms with van der Waals surface area (Å²) in [5, 5.41) is 26.4. The van der Waals surface area contributed by atoms with Crippen LogP contribution in [0, 0.1) is 5.92 Å². The molecule has 0 saturated heterocycles. The lowest BCUT2D eigenvalue weighted by molar-refractivity contribution is -0.000768. The van der Waals surface area contributed by atoms with Gasteiger partial charge in [0, 0.05) is 6.54 Å². The molecule has 21 heavy (non-hydrogen) atoms. The van der Waals surface area contributed by atoms with Crippen LogP contribution in [0.15, 0.2) is 11.0 Å². The lowest BCUT2D eigenvalue weighted by Gasteiger charge is -2.35. The molecule has 2 atom stereocenters. The first kappa shape index (κ1) is 16.3. The third-order valence-corrected chi connectivity index (χ3v) is 4.34. The summed E-state index contributed by atoms with van der Waals surface area (Å²) in [4.78, 5) is 11.9. The number of halogens is 1. The number of hydrogen-bond acceptors (Lipinski definition) is 5. The summed E-state index contributed by atoms with van der Waals surface area (Å²) in [6.07, 6.45) is 5.09. The predicted octanol–water partition coefficient (Wildman–Crippen LogP) is 1.24. The maximum Gasteiger partial charge on any atom is 0.287 e. The molecule has 0 radical (unpaired) electrons. The molecule has 0 spiro atoms. The smallest absolute Gasteiger partial charge is 0.287 e. The molecule has 1 heterocycles. The molecule has 0 amide bonds. The number of aliphatic hydroxyl groups excluding tert-OH is 1. The van der Waals surface area contributed by atoms with Crippen LogP contribution >= 0.6 is 11.6 Å². The Morgan fingerprint density at radius 1 is 1.62 bits per heavy atom. The minimum absolute atomic E-state index is 0.0332. The number of hydrogen-bond donors (Lipinski definition) is 3. The topological polar surface area (TPSA) is 87.4 Å². The fraction of sp³-hybridized carbons (Fsp3) is 0.714. The highest BCUT2D eigenvalue weighted by Gasteiger charge is 2.32. The third-order valence-electron chi connectivity index (χ3n) is 3.97. The van der Waals surface area contributed by atoms with Crippen molar-refractivity contribution in [2.45, 2.75) is 44.8 Å². The molecule has 1 aromatic heterocycles. The summed E-state index contributed by atoms with van der Waals surface area (Å²) in [5.74, 6) is 0.497. The van der Waals surface area contributed by atoms with Crippen LogP contribution < -0.4 is 10.9 Å². The minimum Gasteiger partial charge on any atom is -0.394 e. The molecule has 118 valence electrons. The normalized spacial score (nSPS) is 25.8. The van der Waals surface area contributed by atoms with Crippen LogP contribution in [0.4, 0.5) is 5.69 Å². The molecule has 1 fully saturated rings. The van der Waals surface area contributed by atoms with E-state index in [1.165, 1.54) is 6.20 Å². The van der Waals surface area contributed by atoms with Crippen LogP contribution in [0.3, 0.4) is 0 Å². The highest BCUT2D eigenvalue weighted by molar-refractivity contribution is 6.32. The van der Waals surface area contributed by atoms with Crippen molar-refractivity contribution >= 4 is 17.3 Å². The first-order valence-corrected chi connectivity index (χ1v) is 7.66. The van der Waals surface area contributed by atoms with Gasteiger partial charge in [-0.05, 0) is 18.8 Å². The Labute approximate surface area is 128 Å². The quantitative estimate of drug-likeness (QED) is 0.761. The molecule has 2 rings (SSSR count). The van der Waals surface area contributed by atoms with Crippen LogP contribution in [0.2, 0.25) is 5.02 Å². The van der Waals surface area contributed by atoms with E-state index in [9.17, 15) is 9.90 Å². The Bertz CT molecular complexity index is 549. The van der Waals surface area contributed by atoms with Gasteiger partial charge in [-0.25, -0.2) is 4.68 Å². The van der Waals surface area contributed by atoms with E-state index in [1.807, 2.05) is 0 Å². The molecule has 2 unspecified atom stereocenters. The lowest BCUT2D eigenvalue weighted by atomic mass is 9.79. The molecule has 0 aliphatic heterocycles. The van der Waals surface area contributed by atoms with Gasteiger partial charge in [0.15, 0.2) is 0 Å². The average molecular weight is 316 g/mol. The van der Waals surface area contributed by atoms with Gasteiger partial charge in [0.2, 0.25) is 0 Å². The molecule has 1 aliphatic carbocycles. The fourth-order valence-electron chi connectivity index (χ4n) is 2.89. The summed E-state index contributed by atoms with van der Waals surface area (Å²) in [7, 11) is 0. The summed E-state index contributed by atoms with van der Waals surface area (Å²) < 4.78 is 1.12. The molecule has 0 bridgehead atoms. The van der Waals surface area contributed by atoms with Gasteiger partial charge in [-0.1, -0.05) is 31.4 Å². The van der Waals surface area contributed by atoms with Crippen LogP contribution in [-0.4, -0.2) is 38.7 Å². The van der Waals surface area contributed by atoms with Gasteiger partial charge in [-0.3, -0.25) is 4.79 Å². The van der Waals surface area contributed by atoms with Gasteiger partial charge in [0.25, 0.3) is 5.56 Å². The SMILES string of the molecule is CC1CCCC(O)(CNc2cnn(CCO)c(=O)c2Cl)C1. The number of aromatic nitrogens is 2. The van der Waals surface area contributed by atoms with Gasteiger partial charge in [-0.15, -0.1) is 0 Å². The maximum atomic E-state index is 11.9. The van der Waals surface area contributed by atoms with Crippen LogP contribution in [0.5, 0.6) is 0 Å². The van der Waals surface area contributed by atoms with E-state index in [0.717, 1.165) is 30.4 Å². The zero-order valence-electron chi connectivity index (χ0n) is 12.2. The molecule has 0 aromatic carbocycles. The zero-order chi connectivity index (χ0) is 15.5.